The molecule has 4 fully saturated rings. The van der Waals surface area contributed by atoms with Gasteiger partial charge in [0.05, 0.1) is 103 Å². The lowest BCUT2D eigenvalue weighted by Crippen LogP contribution is -2.52. The average Bonchev–Trinajstić information content (AvgIpc) is 1.94. The van der Waals surface area contributed by atoms with Crippen molar-refractivity contribution in [2.45, 2.75) is 123 Å². The minimum absolute atomic E-state index is 0.0980. The maximum atomic E-state index is 13.9. The summed E-state index contributed by atoms with van der Waals surface area (Å²) >= 11 is 7.79. The van der Waals surface area contributed by atoms with E-state index in [-0.39, 0.29) is 81.0 Å². The van der Waals surface area contributed by atoms with Gasteiger partial charge in [-0.25, -0.2) is 38.1 Å². The lowest BCUT2D eigenvalue weighted by atomic mass is 9.95. The first-order chi connectivity index (χ1) is 41.1. The van der Waals surface area contributed by atoms with Gasteiger partial charge in [0.1, 0.15) is 48.5 Å². The highest BCUT2D eigenvalue weighted by Gasteiger charge is 2.37. The summed E-state index contributed by atoms with van der Waals surface area (Å²) in [6, 6.07) is 2.27. The SMILES string of the molecule is CC(C)(C)OC(=O)COCC1COCCN1C(=O)OC(C)(C)C.CC(C)(C)OC(=O)N1CCOCC1CO.CCOC(=O)C1=C(CN2CCOCC2COCC(=O)O)NC(c2nccs2)=N[C@H]1c1ccc(F)cc1Cl.O=C(O)COCC1CCCOC1. The Bertz CT molecular complexity index is 2560. The van der Waals surface area contributed by atoms with E-state index in [1.54, 1.807) is 38.8 Å². The third kappa shape index (κ3) is 27.7. The number of carboxylic acids is 2. The van der Waals surface area contributed by atoms with Crippen LogP contribution in [0.1, 0.15) is 98.7 Å². The lowest BCUT2D eigenvalue weighted by molar-refractivity contribution is -0.161. The summed E-state index contributed by atoms with van der Waals surface area (Å²) in [5.41, 5.74) is -0.395. The van der Waals surface area contributed by atoms with Crippen LogP contribution in [0.2, 0.25) is 5.02 Å². The summed E-state index contributed by atoms with van der Waals surface area (Å²) in [6.45, 7) is 23.8. The number of aliphatic carboxylic acids is 2. The van der Waals surface area contributed by atoms with Crippen molar-refractivity contribution in [1.82, 2.24) is 25.0 Å². The monoisotopic (exact) mass is 1270 g/mol. The first kappa shape index (κ1) is 73.8. The molecule has 4 saturated heterocycles. The molecule has 29 heteroatoms. The number of amidine groups is 1. The summed E-state index contributed by atoms with van der Waals surface area (Å²) < 4.78 is 72.1. The second kappa shape index (κ2) is 36.7. The van der Waals surface area contributed by atoms with Crippen molar-refractivity contribution in [2.24, 2.45) is 10.9 Å². The predicted molar refractivity (Wildman–Crippen MR) is 315 cm³/mol. The van der Waals surface area contributed by atoms with Gasteiger partial charge in [-0.1, -0.05) is 17.7 Å². The molecule has 1 aromatic heterocycles. The molecule has 5 aliphatic heterocycles. The van der Waals surface area contributed by atoms with Crippen molar-refractivity contribution in [3.8, 4) is 0 Å². The molecule has 1 aromatic carbocycles. The number of aromatic nitrogens is 1. The van der Waals surface area contributed by atoms with Crippen molar-refractivity contribution in [3.63, 3.8) is 0 Å². The molecule has 5 aliphatic rings. The maximum Gasteiger partial charge on any atom is 0.410 e. The van der Waals surface area contributed by atoms with Crippen LogP contribution in [-0.4, -0.2) is 244 Å². The summed E-state index contributed by atoms with van der Waals surface area (Å²) in [7, 11) is 0. The molecule has 5 atom stereocenters. The predicted octanol–water partition coefficient (Wildman–Crippen LogP) is 5.76. The minimum Gasteiger partial charge on any atom is -0.480 e. The molecule has 26 nitrogen and oxygen atoms in total. The second-order valence-corrected chi connectivity index (χ2v) is 24.6. The Kier molecular flexibility index (Phi) is 31.2. The molecule has 6 heterocycles. The van der Waals surface area contributed by atoms with Crippen LogP contribution in [-0.2, 0) is 71.3 Å². The topological polar surface area (TPSA) is 312 Å². The van der Waals surface area contributed by atoms with Gasteiger partial charge in [0.15, 0.2) is 10.8 Å². The number of esters is 2. The molecule has 0 radical (unpaired) electrons. The minimum atomic E-state index is -1.06. The van der Waals surface area contributed by atoms with E-state index in [1.807, 2.05) is 51.8 Å². The van der Waals surface area contributed by atoms with Gasteiger partial charge < -0.3 is 72.7 Å². The Morgan fingerprint density at radius 1 is 0.736 bits per heavy atom. The fourth-order valence-corrected chi connectivity index (χ4v) is 9.58. The lowest BCUT2D eigenvalue weighted by Gasteiger charge is -2.37. The largest absolute Gasteiger partial charge is 0.480 e. The van der Waals surface area contributed by atoms with E-state index in [2.05, 4.69) is 10.3 Å². The highest BCUT2D eigenvalue weighted by molar-refractivity contribution is 7.11. The first-order valence-corrected chi connectivity index (χ1v) is 30.0. The molecule has 4 unspecified atom stereocenters. The third-order valence-electron chi connectivity index (χ3n) is 12.5. The van der Waals surface area contributed by atoms with E-state index in [0.717, 1.165) is 19.4 Å². The number of hydrogen-bond donors (Lipinski definition) is 4. The summed E-state index contributed by atoms with van der Waals surface area (Å²) in [5, 5.41) is 32.1. The highest BCUT2D eigenvalue weighted by atomic mass is 35.5. The van der Waals surface area contributed by atoms with Crippen molar-refractivity contribution in [2.75, 3.05) is 132 Å². The quantitative estimate of drug-likeness (QED) is 0.0960. The van der Waals surface area contributed by atoms with Gasteiger partial charge in [-0.3, -0.25) is 19.7 Å². The summed E-state index contributed by atoms with van der Waals surface area (Å²) in [5.74, 6) is -2.67. The van der Waals surface area contributed by atoms with Gasteiger partial charge in [0.2, 0.25) is 0 Å². The van der Waals surface area contributed by atoms with Crippen molar-refractivity contribution in [3.05, 3.63) is 62.5 Å². The molecule has 4 N–H and O–H groups in total. The molecule has 7 rings (SSSR count). The average molecular weight is 1280 g/mol. The molecule has 0 saturated carbocycles. The number of hydrogen-bond acceptors (Lipinski definition) is 23. The summed E-state index contributed by atoms with van der Waals surface area (Å²) in [6.07, 6.45) is 3.00. The smallest absolute Gasteiger partial charge is 0.410 e. The number of thiazole rings is 1. The van der Waals surface area contributed by atoms with Gasteiger partial charge in [0, 0.05) is 66.6 Å². The number of aliphatic imine (C=N–C) groups is 1. The Morgan fingerprint density at radius 2 is 1.29 bits per heavy atom. The van der Waals surface area contributed by atoms with E-state index >= 15 is 0 Å². The molecular weight excluding hydrogens is 1190 g/mol. The van der Waals surface area contributed by atoms with Crippen molar-refractivity contribution in [1.29, 1.82) is 0 Å². The number of morpholine rings is 3. The number of amides is 2. The number of rotatable bonds is 19. The number of aliphatic hydroxyl groups is 1. The normalized spacial score (nSPS) is 21.0. The van der Waals surface area contributed by atoms with E-state index in [9.17, 15) is 33.2 Å². The molecule has 490 valence electrons. The van der Waals surface area contributed by atoms with E-state index in [0.29, 0.717) is 101 Å². The molecular formula is C58H88ClFN6O20S. The highest BCUT2D eigenvalue weighted by Crippen LogP contribution is 2.37. The van der Waals surface area contributed by atoms with E-state index in [4.69, 9.17) is 84.0 Å². The van der Waals surface area contributed by atoms with Gasteiger partial charge in [-0.05, 0) is 94.2 Å². The Labute approximate surface area is 516 Å². The Balaban J connectivity index is 0.000000275. The number of carboxylic acid groups (broad SMARTS) is 2. The van der Waals surface area contributed by atoms with Gasteiger partial charge in [-0.15, -0.1) is 11.3 Å². The van der Waals surface area contributed by atoms with Crippen LogP contribution < -0.4 is 5.32 Å². The number of aliphatic hydroxyl groups excluding tert-OH is 1. The van der Waals surface area contributed by atoms with Crippen LogP contribution >= 0.6 is 22.9 Å². The molecule has 2 amide bonds. The van der Waals surface area contributed by atoms with Gasteiger partial charge in [-0.2, -0.15) is 0 Å². The Morgan fingerprint density at radius 3 is 1.83 bits per heavy atom. The van der Waals surface area contributed by atoms with Crippen LogP contribution in [0.3, 0.4) is 0 Å². The van der Waals surface area contributed by atoms with E-state index < -0.39 is 65.2 Å². The number of benzene rings is 1. The van der Waals surface area contributed by atoms with Crippen LogP contribution in [0.25, 0.3) is 0 Å². The van der Waals surface area contributed by atoms with E-state index in [1.165, 1.54) is 34.4 Å². The molecule has 2 aromatic rings. The number of nitrogens with one attached hydrogen (secondary N) is 1. The number of carbonyl (C=O) groups is 6. The van der Waals surface area contributed by atoms with Crippen LogP contribution in [0.15, 0.2) is 46.0 Å². The fourth-order valence-electron chi connectivity index (χ4n) is 8.73. The number of halogens is 2. The fraction of sp³-hybridized carbons (Fsp3) is 0.690. The zero-order valence-electron chi connectivity index (χ0n) is 51.5. The molecule has 87 heavy (non-hydrogen) atoms. The van der Waals surface area contributed by atoms with Crippen LogP contribution in [0.4, 0.5) is 14.0 Å². The second-order valence-electron chi connectivity index (χ2n) is 23.3. The number of carbonyl (C=O) groups excluding carboxylic acids is 4. The third-order valence-corrected chi connectivity index (χ3v) is 13.6. The number of nitrogens with zero attached hydrogens (tertiary/aromatic N) is 5. The molecule has 0 spiro atoms. The Hall–Kier alpha value is -5.66. The summed E-state index contributed by atoms with van der Waals surface area (Å²) in [4.78, 5) is 84.1. The van der Waals surface area contributed by atoms with Gasteiger partial charge in [0.25, 0.3) is 0 Å². The zero-order valence-corrected chi connectivity index (χ0v) is 53.1. The first-order valence-electron chi connectivity index (χ1n) is 28.7. The standard InChI is InChI=1S/C24H26ClFN4O6S.C16H29NO6.C10H19NO4.C8H14O4/c1-2-36-24(33)20-18(10-30-6-7-34-11-15(30)12-35-13-19(31)32)28-22(23-27-5-8-37-23)29-21(20)16-4-3-14(26)9-17(16)25;1-15(2,3)22-13(18)11-21-10-12-9-20-8-7-17(12)14(19)23-16(4,5)6;1-10(2,3)15-9(13)11-4-5-14-7-8(11)6-12;9-8(10)6-12-5-7-2-1-3-11-4-7/h3-5,8-9,15,21H,2,6-7,10-13H2,1H3,(H,28,29)(H,31,32);12H,7-11H2,1-6H3;8,12H,4-7H2,1-3H3;7H,1-6H2,(H,9,10)/t15?,21-;;;/m0.../s1. The zero-order chi connectivity index (χ0) is 64.3. The van der Waals surface area contributed by atoms with Crippen LogP contribution in [0.5, 0.6) is 0 Å². The van der Waals surface area contributed by atoms with Crippen molar-refractivity contribution < 1.29 is 101 Å². The molecule has 0 bridgehead atoms. The van der Waals surface area contributed by atoms with Gasteiger partial charge >= 0.3 is 36.1 Å². The van der Waals surface area contributed by atoms with Crippen molar-refractivity contribution >= 4 is 64.8 Å². The maximum absolute atomic E-state index is 13.9. The van der Waals surface area contributed by atoms with Crippen LogP contribution in [0, 0.1) is 11.7 Å². The molecule has 0 aliphatic carbocycles. The number of ether oxygens (including phenoxy) is 11.